The summed E-state index contributed by atoms with van der Waals surface area (Å²) >= 11 is 0. The minimum absolute atomic E-state index is 0.105. The van der Waals surface area contributed by atoms with Crippen LogP contribution in [-0.4, -0.2) is 58.9 Å². The second-order valence-corrected chi connectivity index (χ2v) is 10.3. The van der Waals surface area contributed by atoms with Gasteiger partial charge in [-0.2, -0.15) is 13.2 Å². The van der Waals surface area contributed by atoms with Crippen LogP contribution in [0.2, 0.25) is 0 Å². The van der Waals surface area contributed by atoms with Crippen LogP contribution in [0.3, 0.4) is 0 Å². The monoisotopic (exact) mass is 573 g/mol. The highest BCUT2D eigenvalue weighted by Gasteiger charge is 2.34. The van der Waals surface area contributed by atoms with Crippen molar-refractivity contribution in [3.63, 3.8) is 0 Å². The van der Waals surface area contributed by atoms with Crippen molar-refractivity contribution in [2.24, 2.45) is 0 Å². The third-order valence-electron chi connectivity index (χ3n) is 7.37. The Kier molecular flexibility index (Phi) is 8.91. The number of alkyl halides is 3. The highest BCUT2D eigenvalue weighted by molar-refractivity contribution is 5.85. The first-order chi connectivity index (χ1) is 19.8. The van der Waals surface area contributed by atoms with Gasteiger partial charge in [-0.3, -0.25) is 5.32 Å². The summed E-state index contributed by atoms with van der Waals surface area (Å²) in [6, 6.07) is 8.13. The van der Waals surface area contributed by atoms with Crippen molar-refractivity contribution in [2.75, 3.05) is 35.2 Å². The third-order valence-corrected chi connectivity index (χ3v) is 7.37. The Balaban J connectivity index is 1.20. The topological polar surface area (TPSA) is 117 Å². The molecule has 5 rings (SSSR count). The van der Waals surface area contributed by atoms with Crippen LogP contribution < -0.4 is 20.9 Å². The van der Waals surface area contributed by atoms with E-state index in [-0.39, 0.29) is 24.7 Å². The predicted octanol–water partition coefficient (Wildman–Crippen LogP) is 5.70. The van der Waals surface area contributed by atoms with Gasteiger partial charge in [-0.05, 0) is 44.7 Å². The average Bonchev–Trinajstić information content (AvgIpc) is 3.43. The summed E-state index contributed by atoms with van der Waals surface area (Å²) in [5.74, 6) is 1.03. The van der Waals surface area contributed by atoms with E-state index in [9.17, 15) is 18.0 Å². The maximum Gasteiger partial charge on any atom is 0.434 e. The van der Waals surface area contributed by atoms with Gasteiger partial charge >= 0.3 is 12.3 Å². The largest absolute Gasteiger partial charge is 0.450 e. The van der Waals surface area contributed by atoms with Crippen LogP contribution in [0, 0.1) is 0 Å². The van der Waals surface area contributed by atoms with Gasteiger partial charge in [-0.15, -0.1) is 0 Å². The van der Waals surface area contributed by atoms with Crippen molar-refractivity contribution in [1.29, 1.82) is 0 Å². The molecule has 10 nitrogen and oxygen atoms in total. The standard InChI is InChI=1S/C28H34F3N7O3/c1-2-40-27(39)36-19-8-5-7-18(13-19)23-14-34-26(41-23)37-22-11-4-3-10-21(22)35-20-9-6-12-38(17-20)25-16-32-24(15-33-25)28(29,30)31/h5,7-8,13-16,20-22,35H,2-4,6,9-12,17H2,1H3,(H,34,37)(H,36,39)/t20-,21+,22+/m0/s1. The number of anilines is 3. The predicted molar refractivity (Wildman–Crippen MR) is 148 cm³/mol. The number of carbonyl (C=O) groups excluding carboxylic acids is 1. The van der Waals surface area contributed by atoms with E-state index in [1.54, 1.807) is 25.3 Å². The first-order valence-electron chi connectivity index (χ1n) is 14.0. The SMILES string of the molecule is CCOC(=O)Nc1cccc(-c2cnc(N[C@@H]3CCCC[C@H]3N[C@H]3CCCN(c4cnc(C(F)(F)F)cn4)C3)o2)c1. The molecule has 3 aromatic rings. The number of nitrogens with one attached hydrogen (secondary N) is 3. The van der Waals surface area contributed by atoms with E-state index in [1.807, 2.05) is 17.0 Å². The summed E-state index contributed by atoms with van der Waals surface area (Å²) in [5.41, 5.74) is 0.374. The number of halogens is 3. The summed E-state index contributed by atoms with van der Waals surface area (Å²) in [6.45, 7) is 3.39. The zero-order valence-corrected chi connectivity index (χ0v) is 22.8. The molecule has 1 aliphatic carbocycles. The fourth-order valence-corrected chi connectivity index (χ4v) is 5.43. The van der Waals surface area contributed by atoms with Gasteiger partial charge in [-0.1, -0.05) is 25.0 Å². The first kappa shape index (κ1) is 28.7. The van der Waals surface area contributed by atoms with E-state index in [4.69, 9.17) is 9.15 Å². The molecule has 1 aliphatic heterocycles. The van der Waals surface area contributed by atoms with Crippen molar-refractivity contribution in [3.05, 3.63) is 48.5 Å². The number of oxazole rings is 1. The summed E-state index contributed by atoms with van der Waals surface area (Å²) < 4.78 is 49.6. The molecule has 220 valence electrons. The Bertz CT molecular complexity index is 1300. The lowest BCUT2D eigenvalue weighted by atomic mass is 9.89. The third kappa shape index (κ3) is 7.46. The molecular weight excluding hydrogens is 539 g/mol. The number of ether oxygens (including phenoxy) is 1. The molecule has 1 amide bonds. The molecule has 1 saturated carbocycles. The van der Waals surface area contributed by atoms with Crippen LogP contribution in [0.1, 0.15) is 51.1 Å². The number of nitrogens with zero attached hydrogens (tertiary/aromatic N) is 4. The highest BCUT2D eigenvalue weighted by atomic mass is 19.4. The number of hydrogen-bond acceptors (Lipinski definition) is 9. The van der Waals surface area contributed by atoms with E-state index in [2.05, 4.69) is 30.9 Å². The Morgan fingerprint density at radius 3 is 2.66 bits per heavy atom. The van der Waals surface area contributed by atoms with Crippen molar-refractivity contribution in [1.82, 2.24) is 20.3 Å². The van der Waals surface area contributed by atoms with Crippen LogP contribution >= 0.6 is 0 Å². The van der Waals surface area contributed by atoms with Gasteiger partial charge in [0.2, 0.25) is 0 Å². The highest BCUT2D eigenvalue weighted by Crippen LogP contribution is 2.30. The molecule has 3 atom stereocenters. The van der Waals surface area contributed by atoms with Gasteiger partial charge in [0.05, 0.1) is 25.2 Å². The van der Waals surface area contributed by atoms with Crippen LogP contribution in [0.25, 0.3) is 11.3 Å². The van der Waals surface area contributed by atoms with Crippen molar-refractivity contribution in [2.45, 2.75) is 69.8 Å². The Hall–Kier alpha value is -3.87. The number of amides is 1. The van der Waals surface area contributed by atoms with Crippen molar-refractivity contribution >= 4 is 23.6 Å². The molecule has 41 heavy (non-hydrogen) atoms. The lowest BCUT2D eigenvalue weighted by Gasteiger charge is -2.39. The zero-order chi connectivity index (χ0) is 28.8. The Morgan fingerprint density at radius 1 is 1.07 bits per heavy atom. The number of benzene rings is 1. The normalized spacial score (nSPS) is 21.4. The minimum Gasteiger partial charge on any atom is -0.450 e. The summed E-state index contributed by atoms with van der Waals surface area (Å²) in [6.07, 6.45) is 4.63. The smallest absolute Gasteiger partial charge is 0.434 e. The van der Waals surface area contributed by atoms with E-state index < -0.39 is 18.0 Å². The number of piperidine rings is 1. The van der Waals surface area contributed by atoms with Crippen LogP contribution in [0.5, 0.6) is 0 Å². The van der Waals surface area contributed by atoms with Gasteiger partial charge < -0.3 is 24.7 Å². The molecule has 3 N–H and O–H groups in total. The number of hydrogen-bond donors (Lipinski definition) is 3. The molecule has 2 aliphatic rings. The molecule has 0 spiro atoms. The van der Waals surface area contributed by atoms with Crippen molar-refractivity contribution in [3.8, 4) is 11.3 Å². The van der Waals surface area contributed by atoms with E-state index in [0.29, 0.717) is 29.8 Å². The number of carbonyl (C=O) groups is 1. The maximum absolute atomic E-state index is 12.9. The fourth-order valence-electron chi connectivity index (χ4n) is 5.43. The van der Waals surface area contributed by atoms with Gasteiger partial charge in [-0.25, -0.2) is 19.7 Å². The van der Waals surface area contributed by atoms with Crippen molar-refractivity contribution < 1.29 is 27.1 Å². The van der Waals surface area contributed by atoms with E-state index in [1.165, 1.54) is 6.20 Å². The lowest BCUT2D eigenvalue weighted by Crippen LogP contribution is -2.55. The van der Waals surface area contributed by atoms with E-state index >= 15 is 0 Å². The quantitative estimate of drug-likeness (QED) is 0.312. The van der Waals surface area contributed by atoms with Crippen LogP contribution in [0.4, 0.5) is 35.5 Å². The Labute approximate surface area is 236 Å². The molecular formula is C28H34F3N7O3. The maximum atomic E-state index is 12.9. The van der Waals surface area contributed by atoms with Crippen LogP contribution in [0.15, 0.2) is 47.3 Å². The second-order valence-electron chi connectivity index (χ2n) is 10.3. The Morgan fingerprint density at radius 2 is 1.90 bits per heavy atom. The molecule has 1 saturated heterocycles. The fraction of sp³-hybridized carbons (Fsp3) is 0.500. The average molecular weight is 574 g/mol. The van der Waals surface area contributed by atoms with E-state index in [0.717, 1.165) is 56.8 Å². The number of aromatic nitrogens is 3. The van der Waals surface area contributed by atoms with Gasteiger partial charge in [0, 0.05) is 42.5 Å². The summed E-state index contributed by atoms with van der Waals surface area (Å²) in [5, 5.41) is 9.94. The summed E-state index contributed by atoms with van der Waals surface area (Å²) in [4.78, 5) is 25.8. The number of rotatable bonds is 8. The molecule has 2 fully saturated rings. The molecule has 1 aromatic carbocycles. The molecule has 0 unspecified atom stereocenters. The molecule has 0 radical (unpaired) electrons. The second kappa shape index (κ2) is 12.8. The molecule has 0 bridgehead atoms. The van der Waals surface area contributed by atoms with Gasteiger partial charge in [0.1, 0.15) is 5.82 Å². The van der Waals surface area contributed by atoms with Crippen LogP contribution in [-0.2, 0) is 10.9 Å². The molecule has 3 heterocycles. The van der Waals surface area contributed by atoms with Gasteiger partial charge in [0.25, 0.3) is 6.01 Å². The molecule has 13 heteroatoms. The first-order valence-corrected chi connectivity index (χ1v) is 14.0. The zero-order valence-electron chi connectivity index (χ0n) is 22.8. The molecule has 2 aromatic heterocycles. The summed E-state index contributed by atoms with van der Waals surface area (Å²) in [7, 11) is 0. The lowest BCUT2D eigenvalue weighted by molar-refractivity contribution is -0.141. The minimum atomic E-state index is -4.50. The van der Waals surface area contributed by atoms with Gasteiger partial charge in [0.15, 0.2) is 11.5 Å².